The minimum atomic E-state index is -0.999. The Morgan fingerprint density at radius 1 is 1.16 bits per heavy atom. The van der Waals surface area contributed by atoms with Crippen molar-refractivity contribution in [2.24, 2.45) is 0 Å². The SMILES string of the molecule is CN(C)Cc1ccc(CS(=O)CCCCOc2cc3c4c(Nc5ccc(F)c(Cl)c5)nncc4n(C4CC4)c3cc2Br)o1. The molecule has 43 heavy (non-hydrogen) atoms. The Hall–Kier alpha value is -2.99. The van der Waals surface area contributed by atoms with Crippen molar-refractivity contribution in [1.29, 1.82) is 0 Å². The van der Waals surface area contributed by atoms with E-state index in [4.69, 9.17) is 20.8 Å². The second-order valence-corrected chi connectivity index (χ2v) is 13.9. The van der Waals surface area contributed by atoms with Crippen LogP contribution in [0.2, 0.25) is 5.02 Å². The van der Waals surface area contributed by atoms with Gasteiger partial charge in [-0.15, -0.1) is 5.10 Å². The molecule has 3 aromatic heterocycles. The molecular formula is C31H32BrClFN5O3S. The molecule has 0 amide bonds. The largest absolute Gasteiger partial charge is 0.492 e. The maximum Gasteiger partial charge on any atom is 0.163 e. The van der Waals surface area contributed by atoms with Gasteiger partial charge in [-0.05, 0) is 98.2 Å². The number of nitrogens with zero attached hydrogens (tertiary/aromatic N) is 4. The molecule has 12 heteroatoms. The number of aromatic nitrogens is 3. The summed E-state index contributed by atoms with van der Waals surface area (Å²) in [6.07, 6.45) is 5.55. The van der Waals surface area contributed by atoms with Gasteiger partial charge in [-0.3, -0.25) is 4.21 Å². The zero-order valence-electron chi connectivity index (χ0n) is 23.9. The van der Waals surface area contributed by atoms with Crippen molar-refractivity contribution in [2.75, 3.05) is 31.8 Å². The van der Waals surface area contributed by atoms with Crippen molar-refractivity contribution in [3.8, 4) is 5.75 Å². The molecule has 1 aliphatic carbocycles. The van der Waals surface area contributed by atoms with Gasteiger partial charge < -0.3 is 23.9 Å². The van der Waals surface area contributed by atoms with E-state index in [2.05, 4.69) is 42.1 Å². The number of halogens is 3. The number of hydrogen-bond acceptors (Lipinski definition) is 7. The number of anilines is 2. The van der Waals surface area contributed by atoms with Gasteiger partial charge in [0.05, 0.1) is 51.0 Å². The molecule has 5 aromatic rings. The standard InChI is InChI=1S/C31H32BrClFN5O3S/c1-38(2)17-21-8-9-22(42-21)18-43(40)12-4-3-11-41-29-14-23-27(15-24(29)32)39(20-6-7-20)28-16-35-37-31(30(23)28)36-19-5-10-26(34)25(33)13-19/h5,8-10,13-16,20H,3-4,6-7,11-12,17-18H2,1-2H3,(H,36,37). The molecule has 1 unspecified atom stereocenters. The van der Waals surface area contributed by atoms with Crippen LogP contribution in [0.15, 0.2) is 57.6 Å². The van der Waals surface area contributed by atoms with Crippen molar-refractivity contribution in [2.45, 2.75) is 44.0 Å². The first kappa shape index (κ1) is 30.1. The molecule has 8 nitrogen and oxygen atoms in total. The third-order valence-corrected chi connectivity index (χ3v) is 9.54. The molecule has 0 spiro atoms. The maximum absolute atomic E-state index is 13.8. The second-order valence-electron chi connectivity index (χ2n) is 11.1. The Labute approximate surface area is 265 Å². The van der Waals surface area contributed by atoms with Gasteiger partial charge in [-0.1, -0.05) is 11.6 Å². The van der Waals surface area contributed by atoms with Gasteiger partial charge in [0.2, 0.25) is 0 Å². The summed E-state index contributed by atoms with van der Waals surface area (Å²) in [6.45, 7) is 1.22. The number of benzene rings is 2. The molecular weight excluding hydrogens is 657 g/mol. The van der Waals surface area contributed by atoms with Crippen molar-refractivity contribution in [3.63, 3.8) is 0 Å². The molecule has 0 radical (unpaired) electrons. The number of hydrogen-bond donors (Lipinski definition) is 1. The van der Waals surface area contributed by atoms with Crippen LogP contribution in [0.4, 0.5) is 15.9 Å². The van der Waals surface area contributed by atoms with Crippen LogP contribution in [0.1, 0.15) is 43.2 Å². The number of furan rings is 1. The number of ether oxygens (including phenoxy) is 1. The summed E-state index contributed by atoms with van der Waals surface area (Å²) >= 11 is 9.74. The smallest absolute Gasteiger partial charge is 0.163 e. The quantitative estimate of drug-likeness (QED) is 0.126. The normalized spacial score (nSPS) is 14.2. The summed E-state index contributed by atoms with van der Waals surface area (Å²) in [5.74, 6) is 3.45. The fourth-order valence-corrected chi connectivity index (χ4v) is 6.98. The fourth-order valence-electron chi connectivity index (χ4n) is 5.21. The van der Waals surface area contributed by atoms with E-state index in [1.54, 1.807) is 12.3 Å². The Balaban J connectivity index is 1.15. The molecule has 1 saturated carbocycles. The van der Waals surface area contributed by atoms with E-state index in [9.17, 15) is 8.60 Å². The van der Waals surface area contributed by atoms with Crippen LogP contribution in [0.25, 0.3) is 21.8 Å². The number of unbranched alkanes of at least 4 members (excludes halogenated alkanes) is 1. The lowest BCUT2D eigenvalue weighted by atomic mass is 10.2. The van der Waals surface area contributed by atoms with E-state index in [-0.39, 0.29) is 5.02 Å². The van der Waals surface area contributed by atoms with E-state index in [0.717, 1.165) is 75.8 Å². The lowest BCUT2D eigenvalue weighted by Gasteiger charge is -2.10. The number of nitrogens with one attached hydrogen (secondary N) is 1. The van der Waals surface area contributed by atoms with Gasteiger partial charge in [0.1, 0.15) is 23.1 Å². The summed E-state index contributed by atoms with van der Waals surface area (Å²) in [5, 5.41) is 13.9. The van der Waals surface area contributed by atoms with Crippen LogP contribution in [0.3, 0.4) is 0 Å². The van der Waals surface area contributed by atoms with Crippen LogP contribution in [-0.4, -0.2) is 50.3 Å². The second kappa shape index (κ2) is 12.9. The van der Waals surface area contributed by atoms with Gasteiger partial charge in [0.15, 0.2) is 5.82 Å². The van der Waals surface area contributed by atoms with Crippen LogP contribution in [-0.2, 0) is 23.1 Å². The van der Waals surface area contributed by atoms with Crippen molar-refractivity contribution >= 4 is 71.6 Å². The average Bonchev–Trinajstić information content (AvgIpc) is 3.62. The molecule has 1 N–H and O–H groups in total. The van der Waals surface area contributed by atoms with E-state index in [1.165, 1.54) is 12.1 Å². The van der Waals surface area contributed by atoms with Crippen LogP contribution < -0.4 is 10.1 Å². The van der Waals surface area contributed by atoms with Crippen LogP contribution >= 0.6 is 27.5 Å². The van der Waals surface area contributed by atoms with Crippen LogP contribution in [0, 0.1) is 5.82 Å². The fraction of sp³-hybridized carbons (Fsp3) is 0.355. The lowest BCUT2D eigenvalue weighted by molar-refractivity contribution is 0.308. The molecule has 6 rings (SSSR count). The molecule has 0 aliphatic heterocycles. The first-order valence-corrected chi connectivity index (χ1v) is 16.8. The average molecular weight is 689 g/mol. The van der Waals surface area contributed by atoms with Gasteiger partial charge in [0, 0.05) is 33.7 Å². The monoisotopic (exact) mass is 687 g/mol. The molecule has 0 saturated heterocycles. The zero-order chi connectivity index (χ0) is 30.1. The molecule has 2 aromatic carbocycles. The molecule has 1 atom stereocenters. The first-order chi connectivity index (χ1) is 20.8. The molecule has 226 valence electrons. The summed E-state index contributed by atoms with van der Waals surface area (Å²) in [6, 6.07) is 12.9. The van der Waals surface area contributed by atoms with Crippen molar-refractivity contribution in [3.05, 3.63) is 75.5 Å². The molecule has 1 fully saturated rings. The topological polar surface area (TPSA) is 85.4 Å². The minimum Gasteiger partial charge on any atom is -0.492 e. The Bertz CT molecular complexity index is 1810. The highest BCUT2D eigenvalue weighted by atomic mass is 79.9. The molecule has 1 aliphatic rings. The Morgan fingerprint density at radius 2 is 1.98 bits per heavy atom. The molecule has 0 bridgehead atoms. The van der Waals surface area contributed by atoms with Gasteiger partial charge in [-0.25, -0.2) is 4.39 Å². The van der Waals surface area contributed by atoms with Crippen molar-refractivity contribution < 1.29 is 17.8 Å². The third kappa shape index (κ3) is 6.90. The van der Waals surface area contributed by atoms with Gasteiger partial charge in [0.25, 0.3) is 0 Å². The highest BCUT2D eigenvalue weighted by molar-refractivity contribution is 9.10. The number of rotatable bonds is 13. The van der Waals surface area contributed by atoms with E-state index in [1.807, 2.05) is 37.2 Å². The number of fused-ring (bicyclic) bond motifs is 3. The highest BCUT2D eigenvalue weighted by Crippen LogP contribution is 2.46. The van der Waals surface area contributed by atoms with Gasteiger partial charge >= 0.3 is 0 Å². The first-order valence-electron chi connectivity index (χ1n) is 14.2. The van der Waals surface area contributed by atoms with E-state index in [0.29, 0.717) is 35.7 Å². The summed E-state index contributed by atoms with van der Waals surface area (Å²) in [5.41, 5.74) is 2.65. The highest BCUT2D eigenvalue weighted by Gasteiger charge is 2.29. The summed E-state index contributed by atoms with van der Waals surface area (Å²) in [4.78, 5) is 2.04. The van der Waals surface area contributed by atoms with Crippen molar-refractivity contribution in [1.82, 2.24) is 19.7 Å². The summed E-state index contributed by atoms with van der Waals surface area (Å²) < 4.78 is 41.6. The van der Waals surface area contributed by atoms with Gasteiger partial charge in [-0.2, -0.15) is 5.10 Å². The van der Waals surface area contributed by atoms with E-state index < -0.39 is 16.6 Å². The van der Waals surface area contributed by atoms with E-state index >= 15 is 0 Å². The lowest BCUT2D eigenvalue weighted by Crippen LogP contribution is -2.09. The Kier molecular flexibility index (Phi) is 9.04. The Morgan fingerprint density at radius 3 is 2.74 bits per heavy atom. The zero-order valence-corrected chi connectivity index (χ0v) is 27.1. The summed E-state index contributed by atoms with van der Waals surface area (Å²) in [7, 11) is 2.98. The maximum atomic E-state index is 13.8. The minimum absolute atomic E-state index is 0.0316. The predicted octanol–water partition coefficient (Wildman–Crippen LogP) is 7.98. The predicted molar refractivity (Wildman–Crippen MR) is 173 cm³/mol. The third-order valence-electron chi connectivity index (χ3n) is 7.28. The van der Waals surface area contributed by atoms with Crippen LogP contribution in [0.5, 0.6) is 5.75 Å². The molecule has 3 heterocycles.